The van der Waals surface area contributed by atoms with E-state index in [1.165, 1.54) is 5.52 Å². The smallest absolute Gasteiger partial charge is 0.224 e. The molecule has 6 heteroatoms. The summed E-state index contributed by atoms with van der Waals surface area (Å²) >= 11 is 0. The highest BCUT2D eigenvalue weighted by atomic mass is 16.5. The molecule has 0 saturated carbocycles. The van der Waals surface area contributed by atoms with E-state index in [-0.39, 0.29) is 5.91 Å². The van der Waals surface area contributed by atoms with Crippen LogP contribution in [-0.4, -0.2) is 48.2 Å². The van der Waals surface area contributed by atoms with Gasteiger partial charge in [0.15, 0.2) is 0 Å². The third-order valence-electron chi connectivity index (χ3n) is 5.49. The Kier molecular flexibility index (Phi) is 6.12. The van der Waals surface area contributed by atoms with Crippen molar-refractivity contribution < 1.29 is 9.53 Å². The highest BCUT2D eigenvalue weighted by Crippen LogP contribution is 2.21. The van der Waals surface area contributed by atoms with Crippen LogP contribution in [0.3, 0.4) is 0 Å². The number of nitrogen functional groups attached to an aromatic ring is 1. The highest BCUT2D eigenvalue weighted by molar-refractivity contribution is 5.94. The minimum absolute atomic E-state index is 0.000599. The molecule has 1 aromatic heterocycles. The fourth-order valence-electron chi connectivity index (χ4n) is 3.78. The lowest BCUT2D eigenvalue weighted by atomic mass is 10.1. The van der Waals surface area contributed by atoms with Gasteiger partial charge in [-0.3, -0.25) is 9.69 Å². The van der Waals surface area contributed by atoms with E-state index in [1.807, 2.05) is 36.4 Å². The van der Waals surface area contributed by atoms with Gasteiger partial charge in [-0.25, -0.2) is 0 Å². The van der Waals surface area contributed by atoms with Gasteiger partial charge in [0.1, 0.15) is 0 Å². The van der Waals surface area contributed by atoms with Gasteiger partial charge in [-0.15, -0.1) is 0 Å². The van der Waals surface area contributed by atoms with Crippen LogP contribution in [0.5, 0.6) is 0 Å². The van der Waals surface area contributed by atoms with E-state index in [0.29, 0.717) is 12.8 Å². The lowest BCUT2D eigenvalue weighted by molar-refractivity contribution is -0.116. The molecule has 0 atom stereocenters. The number of hydrogen-bond acceptors (Lipinski definition) is 4. The van der Waals surface area contributed by atoms with Crippen LogP contribution in [0.15, 0.2) is 54.7 Å². The number of carbonyl (C=O) groups is 1. The number of anilines is 2. The second-order valence-electron chi connectivity index (χ2n) is 7.48. The topological polar surface area (TPSA) is 72.5 Å². The van der Waals surface area contributed by atoms with Crippen molar-refractivity contribution in [1.82, 2.24) is 9.47 Å². The number of para-hydroxylation sites is 1. The Morgan fingerprint density at radius 3 is 2.72 bits per heavy atom. The van der Waals surface area contributed by atoms with Gasteiger partial charge in [-0.1, -0.05) is 18.2 Å². The highest BCUT2D eigenvalue weighted by Gasteiger charge is 2.11. The maximum atomic E-state index is 12.3. The number of ether oxygens (including phenoxy) is 1. The molecule has 0 aliphatic carbocycles. The molecule has 1 aliphatic heterocycles. The van der Waals surface area contributed by atoms with Gasteiger partial charge < -0.3 is 20.4 Å². The quantitative estimate of drug-likeness (QED) is 0.606. The lowest BCUT2D eigenvalue weighted by Gasteiger charge is -2.26. The number of nitrogens with two attached hydrogens (primary N) is 1. The van der Waals surface area contributed by atoms with Crippen LogP contribution in [0.4, 0.5) is 11.4 Å². The summed E-state index contributed by atoms with van der Waals surface area (Å²) in [6.07, 6.45) is 3.17. The van der Waals surface area contributed by atoms with Gasteiger partial charge in [0.25, 0.3) is 0 Å². The molecule has 2 heterocycles. The zero-order valence-electron chi connectivity index (χ0n) is 16.6. The fourth-order valence-corrected chi connectivity index (χ4v) is 3.78. The van der Waals surface area contributed by atoms with Crippen molar-refractivity contribution in [3.63, 3.8) is 0 Å². The molecule has 2 aromatic carbocycles. The molecule has 1 amide bonds. The van der Waals surface area contributed by atoms with Gasteiger partial charge in [0.05, 0.1) is 13.2 Å². The molecule has 4 rings (SSSR count). The number of hydrogen-bond donors (Lipinski definition) is 2. The first kappa shape index (κ1) is 19.5. The van der Waals surface area contributed by atoms with E-state index in [0.717, 1.165) is 61.7 Å². The number of benzene rings is 2. The predicted octanol–water partition coefficient (Wildman–Crippen LogP) is 3.13. The molecule has 1 fully saturated rings. The van der Waals surface area contributed by atoms with E-state index in [1.54, 1.807) is 0 Å². The normalized spacial score (nSPS) is 14.9. The van der Waals surface area contributed by atoms with Crippen molar-refractivity contribution in [3.05, 3.63) is 60.3 Å². The van der Waals surface area contributed by atoms with Crippen LogP contribution in [0.1, 0.15) is 12.0 Å². The average Bonchev–Trinajstić information content (AvgIpc) is 3.14. The summed E-state index contributed by atoms with van der Waals surface area (Å²) in [5.41, 5.74) is 9.72. The molecular weight excluding hydrogens is 364 g/mol. The van der Waals surface area contributed by atoms with Crippen LogP contribution < -0.4 is 11.1 Å². The molecule has 152 valence electrons. The Hall–Kier alpha value is -2.83. The number of fused-ring (bicyclic) bond motifs is 1. The van der Waals surface area contributed by atoms with E-state index >= 15 is 0 Å². The predicted molar refractivity (Wildman–Crippen MR) is 117 cm³/mol. The summed E-state index contributed by atoms with van der Waals surface area (Å²) in [6.45, 7) is 5.63. The zero-order chi connectivity index (χ0) is 20.1. The first-order valence-electron chi connectivity index (χ1n) is 10.2. The number of morpholine rings is 1. The van der Waals surface area contributed by atoms with Crippen molar-refractivity contribution >= 4 is 28.2 Å². The molecular formula is C23H28N4O2. The third kappa shape index (κ3) is 4.96. The average molecular weight is 393 g/mol. The van der Waals surface area contributed by atoms with Crippen LogP contribution in [0.25, 0.3) is 10.9 Å². The number of carbonyl (C=O) groups excluding carboxylic acids is 1. The summed E-state index contributed by atoms with van der Waals surface area (Å²) in [4.78, 5) is 14.8. The Balaban J connectivity index is 1.34. The molecule has 0 spiro atoms. The number of aryl methyl sites for hydroxylation is 1. The van der Waals surface area contributed by atoms with E-state index in [2.05, 4.69) is 33.1 Å². The number of nitrogens with one attached hydrogen (secondary N) is 1. The van der Waals surface area contributed by atoms with E-state index < -0.39 is 0 Å². The second kappa shape index (κ2) is 9.11. The van der Waals surface area contributed by atoms with Gasteiger partial charge >= 0.3 is 0 Å². The zero-order valence-corrected chi connectivity index (χ0v) is 16.6. The molecule has 6 nitrogen and oxygen atoms in total. The third-order valence-corrected chi connectivity index (χ3v) is 5.49. The maximum absolute atomic E-state index is 12.3. The summed E-state index contributed by atoms with van der Waals surface area (Å²) < 4.78 is 7.68. The molecule has 0 unspecified atom stereocenters. The maximum Gasteiger partial charge on any atom is 0.224 e. The number of nitrogens with zero attached hydrogens (tertiary/aromatic N) is 2. The molecule has 0 radical (unpaired) electrons. The van der Waals surface area contributed by atoms with Crippen molar-refractivity contribution in [1.29, 1.82) is 0 Å². The first-order chi connectivity index (χ1) is 14.2. The molecule has 3 N–H and O–H groups in total. The largest absolute Gasteiger partial charge is 0.399 e. The minimum Gasteiger partial charge on any atom is -0.399 e. The van der Waals surface area contributed by atoms with Crippen molar-refractivity contribution in [2.45, 2.75) is 19.4 Å². The van der Waals surface area contributed by atoms with Crippen molar-refractivity contribution in [3.8, 4) is 0 Å². The first-order valence-corrected chi connectivity index (χ1v) is 10.2. The van der Waals surface area contributed by atoms with Crippen LogP contribution >= 0.6 is 0 Å². The summed E-state index contributed by atoms with van der Waals surface area (Å²) in [5.74, 6) is -0.000599. The molecule has 29 heavy (non-hydrogen) atoms. The number of aromatic nitrogens is 1. The Labute approximate surface area is 171 Å². The number of rotatable bonds is 7. The fraction of sp³-hybridized carbons (Fsp3) is 0.348. The van der Waals surface area contributed by atoms with Gasteiger partial charge in [0.2, 0.25) is 5.91 Å². The van der Waals surface area contributed by atoms with E-state index in [9.17, 15) is 4.79 Å². The van der Waals surface area contributed by atoms with Crippen LogP contribution in [0, 0.1) is 0 Å². The summed E-state index contributed by atoms with van der Waals surface area (Å²) in [7, 11) is 0. The second-order valence-corrected chi connectivity index (χ2v) is 7.48. The van der Waals surface area contributed by atoms with Gasteiger partial charge in [-0.2, -0.15) is 0 Å². The van der Waals surface area contributed by atoms with Crippen LogP contribution in [-0.2, 0) is 22.5 Å². The SMILES string of the molecule is Nc1ccccc1CCC(=O)Nc1ccc2c(ccn2CCN2CCOCC2)c1. The molecule has 3 aromatic rings. The van der Waals surface area contributed by atoms with Gasteiger partial charge in [-0.05, 0) is 42.3 Å². The molecule has 1 saturated heterocycles. The summed E-state index contributed by atoms with van der Waals surface area (Å²) in [5, 5.41) is 4.14. The van der Waals surface area contributed by atoms with Crippen molar-refractivity contribution in [2.24, 2.45) is 0 Å². The lowest BCUT2D eigenvalue weighted by Crippen LogP contribution is -2.38. The van der Waals surface area contributed by atoms with Crippen LogP contribution in [0.2, 0.25) is 0 Å². The standard InChI is InChI=1S/C23H28N4O2/c24-21-4-2-1-3-18(21)5-8-23(28)25-20-6-7-22-19(17-20)9-10-27(22)12-11-26-13-15-29-16-14-26/h1-4,6-7,9-10,17H,5,8,11-16,24H2,(H,25,28). The molecule has 1 aliphatic rings. The van der Waals surface area contributed by atoms with Gasteiger partial charge in [0, 0.05) is 61.1 Å². The Morgan fingerprint density at radius 2 is 1.90 bits per heavy atom. The van der Waals surface area contributed by atoms with Crippen molar-refractivity contribution in [2.75, 3.05) is 43.9 Å². The molecule has 0 bridgehead atoms. The Morgan fingerprint density at radius 1 is 1.07 bits per heavy atom. The Bertz CT molecular complexity index is 976. The van der Waals surface area contributed by atoms with E-state index in [4.69, 9.17) is 10.5 Å². The summed E-state index contributed by atoms with van der Waals surface area (Å²) in [6, 6.07) is 15.9. The minimum atomic E-state index is -0.000599. The monoisotopic (exact) mass is 392 g/mol. The number of amides is 1.